The largest absolute Gasteiger partial charge is 0.379 e. The molecule has 8 nitrogen and oxygen atoms in total. The molecule has 1 aliphatic carbocycles. The Morgan fingerprint density at radius 1 is 1.06 bits per heavy atom. The monoisotopic (exact) mass is 463 g/mol. The van der Waals surface area contributed by atoms with Crippen molar-refractivity contribution in [2.45, 2.75) is 25.8 Å². The zero-order chi connectivity index (χ0) is 23.5. The number of hydrogen-bond donors (Lipinski definition) is 1. The topological polar surface area (TPSA) is 78.0 Å². The number of ether oxygens (including phenoxy) is 1. The molecule has 2 aromatic rings. The van der Waals surface area contributed by atoms with E-state index in [1.165, 1.54) is 0 Å². The standard InChI is InChI=1S/C26H33N5O3/c1-19-2-3-20(26(33)28-22-5-6-22)16-23(19)21-4-7-24(27-17-21)31-11-10-30(18-25(31)32)9-8-29-12-14-34-15-13-29/h2-4,7,16-17,22H,5-6,8-15,18H2,1H3,(H,28,33). The zero-order valence-electron chi connectivity index (χ0n) is 19.8. The number of nitrogens with zero attached hydrogens (tertiary/aromatic N) is 4. The summed E-state index contributed by atoms with van der Waals surface area (Å²) in [6, 6.07) is 10.0. The molecule has 0 spiro atoms. The number of benzene rings is 1. The van der Waals surface area contributed by atoms with Crippen LogP contribution < -0.4 is 10.2 Å². The Labute approximate surface area is 200 Å². The molecule has 180 valence electrons. The highest BCUT2D eigenvalue weighted by Crippen LogP contribution is 2.27. The van der Waals surface area contributed by atoms with Crippen molar-refractivity contribution in [3.05, 3.63) is 47.7 Å². The fraction of sp³-hybridized carbons (Fsp3) is 0.500. The van der Waals surface area contributed by atoms with Gasteiger partial charge in [0.25, 0.3) is 5.91 Å². The lowest BCUT2D eigenvalue weighted by Gasteiger charge is -2.35. The van der Waals surface area contributed by atoms with E-state index in [0.717, 1.165) is 75.5 Å². The minimum Gasteiger partial charge on any atom is -0.379 e. The summed E-state index contributed by atoms with van der Waals surface area (Å²) in [6.07, 6.45) is 3.94. The number of piperazine rings is 1. The summed E-state index contributed by atoms with van der Waals surface area (Å²) in [5, 5.41) is 3.05. The highest BCUT2D eigenvalue weighted by Gasteiger charge is 2.27. The van der Waals surface area contributed by atoms with E-state index in [0.29, 0.717) is 30.5 Å². The second-order valence-electron chi connectivity index (χ2n) is 9.46. The van der Waals surface area contributed by atoms with Crippen molar-refractivity contribution in [1.82, 2.24) is 20.1 Å². The molecule has 0 bridgehead atoms. The number of aryl methyl sites for hydroxylation is 1. The molecule has 3 fully saturated rings. The van der Waals surface area contributed by atoms with Crippen molar-refractivity contribution in [2.24, 2.45) is 0 Å². The van der Waals surface area contributed by atoms with E-state index >= 15 is 0 Å². The van der Waals surface area contributed by atoms with Crippen molar-refractivity contribution >= 4 is 17.6 Å². The maximum absolute atomic E-state index is 12.8. The van der Waals surface area contributed by atoms with Gasteiger partial charge in [0.2, 0.25) is 5.91 Å². The molecule has 2 aliphatic heterocycles. The SMILES string of the molecule is Cc1ccc(C(=O)NC2CC2)cc1-c1ccc(N2CCN(CCN3CCOCC3)CC2=O)nc1. The smallest absolute Gasteiger partial charge is 0.251 e. The predicted octanol–water partition coefficient (Wildman–Crippen LogP) is 1.93. The Hall–Kier alpha value is -2.81. The van der Waals surface area contributed by atoms with Gasteiger partial charge in [-0.05, 0) is 55.2 Å². The first-order valence-electron chi connectivity index (χ1n) is 12.3. The molecule has 2 saturated heterocycles. The Balaban J connectivity index is 1.20. The molecule has 0 atom stereocenters. The van der Waals surface area contributed by atoms with Crippen molar-refractivity contribution in [3.63, 3.8) is 0 Å². The maximum atomic E-state index is 12.8. The number of hydrogen-bond acceptors (Lipinski definition) is 6. The highest BCUT2D eigenvalue weighted by atomic mass is 16.5. The minimum atomic E-state index is -0.0228. The second-order valence-corrected chi connectivity index (χ2v) is 9.46. The highest BCUT2D eigenvalue weighted by molar-refractivity contribution is 5.96. The third kappa shape index (κ3) is 5.46. The summed E-state index contributed by atoms with van der Waals surface area (Å²) in [5.41, 5.74) is 3.68. The molecule has 1 aromatic carbocycles. The summed E-state index contributed by atoms with van der Waals surface area (Å²) in [7, 11) is 0. The molecule has 1 saturated carbocycles. The van der Waals surface area contributed by atoms with Gasteiger partial charge in [-0.25, -0.2) is 4.98 Å². The zero-order valence-corrected chi connectivity index (χ0v) is 19.8. The van der Waals surface area contributed by atoms with Gasteiger partial charge in [0.1, 0.15) is 5.82 Å². The fourth-order valence-electron chi connectivity index (χ4n) is 4.54. The Morgan fingerprint density at radius 3 is 2.56 bits per heavy atom. The van der Waals surface area contributed by atoms with Crippen LogP contribution in [0, 0.1) is 6.92 Å². The van der Waals surface area contributed by atoms with Gasteiger partial charge >= 0.3 is 0 Å². The van der Waals surface area contributed by atoms with E-state index in [-0.39, 0.29) is 11.8 Å². The van der Waals surface area contributed by atoms with Crippen LogP contribution in [0.4, 0.5) is 5.82 Å². The lowest BCUT2D eigenvalue weighted by Crippen LogP contribution is -2.52. The first-order valence-corrected chi connectivity index (χ1v) is 12.3. The predicted molar refractivity (Wildman–Crippen MR) is 131 cm³/mol. The number of morpholine rings is 1. The molecule has 8 heteroatoms. The van der Waals surface area contributed by atoms with Gasteiger partial charge in [-0.15, -0.1) is 0 Å². The maximum Gasteiger partial charge on any atom is 0.251 e. The molecule has 34 heavy (non-hydrogen) atoms. The van der Waals surface area contributed by atoms with Crippen LogP contribution in [-0.4, -0.2) is 91.7 Å². The van der Waals surface area contributed by atoms with Gasteiger partial charge in [0.15, 0.2) is 0 Å². The number of aromatic nitrogens is 1. The van der Waals surface area contributed by atoms with Gasteiger partial charge < -0.3 is 10.1 Å². The van der Waals surface area contributed by atoms with Crippen LogP contribution in [0.2, 0.25) is 0 Å². The summed E-state index contributed by atoms with van der Waals surface area (Å²) in [4.78, 5) is 36.3. The van der Waals surface area contributed by atoms with Crippen LogP contribution in [0.15, 0.2) is 36.5 Å². The average Bonchev–Trinajstić information content (AvgIpc) is 3.68. The number of carbonyl (C=O) groups is 2. The molecular weight excluding hydrogens is 430 g/mol. The van der Waals surface area contributed by atoms with E-state index in [1.54, 1.807) is 11.1 Å². The van der Waals surface area contributed by atoms with Crippen LogP contribution >= 0.6 is 0 Å². The number of amides is 2. The fourth-order valence-corrected chi connectivity index (χ4v) is 4.54. The van der Waals surface area contributed by atoms with Crippen LogP contribution in [0.3, 0.4) is 0 Å². The van der Waals surface area contributed by atoms with E-state index < -0.39 is 0 Å². The van der Waals surface area contributed by atoms with E-state index in [2.05, 4.69) is 20.1 Å². The van der Waals surface area contributed by atoms with Crippen LogP contribution in [0.1, 0.15) is 28.8 Å². The Bertz CT molecular complexity index is 1030. The first kappa shape index (κ1) is 23.0. The molecule has 3 aliphatic rings. The Kier molecular flexibility index (Phi) is 6.89. The van der Waals surface area contributed by atoms with E-state index in [1.807, 2.05) is 37.3 Å². The molecule has 1 aromatic heterocycles. The number of anilines is 1. The number of rotatable bonds is 7. The average molecular weight is 464 g/mol. The van der Waals surface area contributed by atoms with Gasteiger partial charge in [0.05, 0.1) is 19.8 Å². The molecule has 0 radical (unpaired) electrons. The van der Waals surface area contributed by atoms with Crippen molar-refractivity contribution < 1.29 is 14.3 Å². The number of carbonyl (C=O) groups excluding carboxylic acids is 2. The van der Waals surface area contributed by atoms with Gasteiger partial charge in [0, 0.05) is 62.6 Å². The molecular formula is C26H33N5O3. The summed E-state index contributed by atoms with van der Waals surface area (Å²) in [6.45, 7) is 9.35. The molecule has 2 amide bonds. The van der Waals surface area contributed by atoms with Crippen LogP contribution in [0.25, 0.3) is 11.1 Å². The Morgan fingerprint density at radius 2 is 1.85 bits per heavy atom. The molecule has 0 unspecified atom stereocenters. The number of nitrogens with one attached hydrogen (secondary N) is 1. The van der Waals surface area contributed by atoms with Gasteiger partial charge in [-0.2, -0.15) is 0 Å². The molecule has 3 heterocycles. The molecule has 1 N–H and O–H groups in total. The molecule has 5 rings (SSSR count). The third-order valence-electron chi connectivity index (χ3n) is 6.88. The van der Waals surface area contributed by atoms with Crippen LogP contribution in [0.5, 0.6) is 0 Å². The van der Waals surface area contributed by atoms with E-state index in [9.17, 15) is 9.59 Å². The lowest BCUT2D eigenvalue weighted by molar-refractivity contribution is -0.121. The number of pyridine rings is 1. The van der Waals surface area contributed by atoms with Gasteiger partial charge in [-0.1, -0.05) is 6.07 Å². The lowest BCUT2D eigenvalue weighted by atomic mass is 9.99. The summed E-state index contributed by atoms with van der Waals surface area (Å²) >= 11 is 0. The minimum absolute atomic E-state index is 0.0228. The first-order chi connectivity index (χ1) is 16.6. The van der Waals surface area contributed by atoms with E-state index in [4.69, 9.17) is 4.74 Å². The van der Waals surface area contributed by atoms with Gasteiger partial charge in [-0.3, -0.25) is 24.3 Å². The third-order valence-corrected chi connectivity index (χ3v) is 6.88. The quantitative estimate of drug-likeness (QED) is 0.676. The van der Waals surface area contributed by atoms with Crippen molar-refractivity contribution in [2.75, 3.05) is 63.9 Å². The summed E-state index contributed by atoms with van der Waals surface area (Å²) < 4.78 is 5.41. The van der Waals surface area contributed by atoms with Crippen molar-refractivity contribution in [1.29, 1.82) is 0 Å². The normalized spacial score (nSPS) is 19.9. The second kappa shape index (κ2) is 10.2. The van der Waals surface area contributed by atoms with Crippen LogP contribution in [-0.2, 0) is 9.53 Å². The van der Waals surface area contributed by atoms with Crippen molar-refractivity contribution in [3.8, 4) is 11.1 Å². The summed E-state index contributed by atoms with van der Waals surface area (Å²) in [5.74, 6) is 0.746.